The molecule has 180 valence electrons. The maximum atomic E-state index is 13.4. The standard InChI is InChI=1S/C28H26ClNO5/c1-5-17-9-11-18(12-10-17)26(31)24-25(19-13-14-22(34-3)23(15-19)35-4)30(28(33)27(24)32)21-8-6-7-20(29)16(21)2/h6-15,25,31H,5H2,1-4H3/b26-24+. The second kappa shape index (κ2) is 9.84. The average Bonchev–Trinajstić information content (AvgIpc) is 3.15. The van der Waals surface area contributed by atoms with Crippen LogP contribution in [0, 0.1) is 6.92 Å². The Morgan fingerprint density at radius 1 is 1.00 bits per heavy atom. The van der Waals surface area contributed by atoms with Gasteiger partial charge in [-0.2, -0.15) is 0 Å². The van der Waals surface area contributed by atoms with Gasteiger partial charge < -0.3 is 14.6 Å². The first kappa shape index (κ1) is 24.4. The van der Waals surface area contributed by atoms with Crippen LogP contribution in [0.5, 0.6) is 11.5 Å². The lowest BCUT2D eigenvalue weighted by Crippen LogP contribution is -2.30. The summed E-state index contributed by atoms with van der Waals surface area (Å²) >= 11 is 6.36. The Hall–Kier alpha value is -3.77. The first-order valence-electron chi connectivity index (χ1n) is 11.2. The van der Waals surface area contributed by atoms with Crippen LogP contribution in [-0.2, 0) is 16.0 Å². The van der Waals surface area contributed by atoms with Crippen LogP contribution in [0.25, 0.3) is 5.76 Å². The zero-order chi connectivity index (χ0) is 25.3. The SMILES string of the molecule is CCc1ccc(/C(O)=C2\C(=O)C(=O)N(c3cccc(Cl)c3C)C2c2ccc(OC)c(OC)c2)cc1. The Bertz CT molecular complexity index is 1330. The number of rotatable bonds is 6. The molecular weight excluding hydrogens is 466 g/mol. The van der Waals surface area contributed by atoms with Crippen molar-refractivity contribution < 1.29 is 24.2 Å². The van der Waals surface area contributed by atoms with Gasteiger partial charge in [-0.3, -0.25) is 14.5 Å². The normalized spacial score (nSPS) is 17.1. The molecule has 6 nitrogen and oxygen atoms in total. The predicted molar refractivity (Wildman–Crippen MR) is 136 cm³/mol. The van der Waals surface area contributed by atoms with Crippen molar-refractivity contribution in [2.24, 2.45) is 0 Å². The lowest BCUT2D eigenvalue weighted by Gasteiger charge is -2.27. The average molecular weight is 492 g/mol. The number of benzene rings is 3. The van der Waals surface area contributed by atoms with Crippen molar-refractivity contribution >= 4 is 34.7 Å². The highest BCUT2D eigenvalue weighted by Crippen LogP contribution is 2.45. The third-order valence-electron chi connectivity index (χ3n) is 6.30. The molecule has 35 heavy (non-hydrogen) atoms. The van der Waals surface area contributed by atoms with E-state index >= 15 is 0 Å². The molecule has 1 heterocycles. The summed E-state index contributed by atoms with van der Waals surface area (Å²) in [5, 5.41) is 11.8. The topological polar surface area (TPSA) is 76.1 Å². The van der Waals surface area contributed by atoms with E-state index in [1.807, 2.05) is 19.1 Å². The molecule has 3 aromatic carbocycles. The second-order valence-corrected chi connectivity index (χ2v) is 8.63. The number of Topliss-reactive ketones (excluding diaryl/α,β-unsaturated/α-hetero) is 1. The summed E-state index contributed by atoms with van der Waals surface area (Å²) in [7, 11) is 3.04. The summed E-state index contributed by atoms with van der Waals surface area (Å²) in [4.78, 5) is 28.2. The first-order valence-corrected chi connectivity index (χ1v) is 11.6. The van der Waals surface area contributed by atoms with Crippen LogP contribution in [0.3, 0.4) is 0 Å². The van der Waals surface area contributed by atoms with E-state index in [1.165, 1.54) is 19.1 Å². The molecule has 0 saturated carbocycles. The molecule has 0 radical (unpaired) electrons. The number of anilines is 1. The zero-order valence-electron chi connectivity index (χ0n) is 20.0. The van der Waals surface area contributed by atoms with E-state index in [4.69, 9.17) is 21.1 Å². The fourth-order valence-corrected chi connectivity index (χ4v) is 4.50. The highest BCUT2D eigenvalue weighted by Gasteiger charge is 2.47. The Labute approximate surface area is 209 Å². The van der Waals surface area contributed by atoms with Gasteiger partial charge >= 0.3 is 0 Å². The zero-order valence-corrected chi connectivity index (χ0v) is 20.7. The number of methoxy groups -OCH3 is 2. The summed E-state index contributed by atoms with van der Waals surface area (Å²) < 4.78 is 10.8. The minimum atomic E-state index is -0.905. The number of hydrogen-bond donors (Lipinski definition) is 1. The van der Waals surface area contributed by atoms with Crippen LogP contribution in [-0.4, -0.2) is 31.0 Å². The number of halogens is 1. The van der Waals surface area contributed by atoms with Crippen molar-refractivity contribution in [3.05, 3.63) is 93.5 Å². The molecule has 3 aromatic rings. The van der Waals surface area contributed by atoms with Crippen LogP contribution < -0.4 is 14.4 Å². The van der Waals surface area contributed by atoms with E-state index in [-0.39, 0.29) is 11.3 Å². The van der Waals surface area contributed by atoms with Crippen LogP contribution in [0.2, 0.25) is 5.02 Å². The minimum Gasteiger partial charge on any atom is -0.507 e. The van der Waals surface area contributed by atoms with Crippen molar-refractivity contribution in [3.8, 4) is 11.5 Å². The summed E-state index contributed by atoms with van der Waals surface area (Å²) in [5.41, 5.74) is 3.24. The van der Waals surface area contributed by atoms with E-state index in [1.54, 1.807) is 55.5 Å². The molecule has 1 amide bonds. The summed E-state index contributed by atoms with van der Waals surface area (Å²) in [5.74, 6) is -0.830. The Morgan fingerprint density at radius 3 is 2.31 bits per heavy atom. The van der Waals surface area contributed by atoms with Crippen molar-refractivity contribution in [1.29, 1.82) is 0 Å². The lowest BCUT2D eigenvalue weighted by molar-refractivity contribution is -0.132. The van der Waals surface area contributed by atoms with Gasteiger partial charge in [0.25, 0.3) is 11.7 Å². The van der Waals surface area contributed by atoms with Gasteiger partial charge in [0.15, 0.2) is 11.5 Å². The molecule has 7 heteroatoms. The van der Waals surface area contributed by atoms with Gasteiger partial charge in [-0.1, -0.05) is 54.9 Å². The molecule has 0 spiro atoms. The van der Waals surface area contributed by atoms with Crippen LogP contribution in [0.15, 0.2) is 66.2 Å². The number of aliphatic hydroxyl groups excluding tert-OH is 1. The number of aliphatic hydroxyl groups is 1. The molecule has 1 atom stereocenters. The molecule has 0 aromatic heterocycles. The van der Waals surface area contributed by atoms with E-state index in [0.29, 0.717) is 38.9 Å². The van der Waals surface area contributed by atoms with E-state index in [2.05, 4.69) is 0 Å². The second-order valence-electron chi connectivity index (χ2n) is 8.22. The molecular formula is C28H26ClNO5. The van der Waals surface area contributed by atoms with Crippen molar-refractivity contribution in [2.45, 2.75) is 26.3 Å². The molecule has 0 aliphatic carbocycles. The van der Waals surface area contributed by atoms with E-state index in [9.17, 15) is 14.7 Å². The number of amides is 1. The largest absolute Gasteiger partial charge is 0.507 e. The highest BCUT2D eigenvalue weighted by molar-refractivity contribution is 6.52. The maximum absolute atomic E-state index is 13.4. The van der Waals surface area contributed by atoms with Crippen LogP contribution in [0.1, 0.15) is 35.2 Å². The Balaban J connectivity index is 1.98. The molecule has 4 rings (SSSR count). The molecule has 1 N–H and O–H groups in total. The summed E-state index contributed by atoms with van der Waals surface area (Å²) in [6.45, 7) is 3.82. The molecule has 1 saturated heterocycles. The van der Waals surface area contributed by atoms with E-state index in [0.717, 1.165) is 12.0 Å². The van der Waals surface area contributed by atoms with Gasteiger partial charge in [0, 0.05) is 16.3 Å². The Morgan fingerprint density at radius 2 is 1.69 bits per heavy atom. The number of carbonyl (C=O) groups excluding carboxylic acids is 2. The fourth-order valence-electron chi connectivity index (χ4n) is 4.33. The quantitative estimate of drug-likeness (QED) is 0.266. The lowest BCUT2D eigenvalue weighted by atomic mass is 9.94. The summed E-state index contributed by atoms with van der Waals surface area (Å²) in [6, 6.07) is 16.7. The first-order chi connectivity index (χ1) is 16.8. The van der Waals surface area contributed by atoms with Gasteiger partial charge in [-0.05, 0) is 54.3 Å². The third kappa shape index (κ3) is 4.26. The van der Waals surface area contributed by atoms with Crippen molar-refractivity contribution in [1.82, 2.24) is 0 Å². The van der Waals surface area contributed by atoms with E-state index < -0.39 is 17.7 Å². The Kier molecular flexibility index (Phi) is 6.85. The fraction of sp³-hybridized carbons (Fsp3) is 0.214. The van der Waals surface area contributed by atoms with Gasteiger partial charge in [0.05, 0.1) is 25.8 Å². The number of nitrogens with zero attached hydrogens (tertiary/aromatic N) is 1. The van der Waals surface area contributed by atoms with Crippen molar-refractivity contribution in [2.75, 3.05) is 19.1 Å². The third-order valence-corrected chi connectivity index (χ3v) is 6.71. The maximum Gasteiger partial charge on any atom is 0.300 e. The number of ether oxygens (including phenoxy) is 2. The smallest absolute Gasteiger partial charge is 0.300 e. The predicted octanol–water partition coefficient (Wildman–Crippen LogP) is 5.85. The van der Waals surface area contributed by atoms with Crippen molar-refractivity contribution in [3.63, 3.8) is 0 Å². The number of hydrogen-bond acceptors (Lipinski definition) is 5. The highest BCUT2D eigenvalue weighted by atomic mass is 35.5. The minimum absolute atomic E-state index is 0.00848. The molecule has 1 fully saturated rings. The molecule has 1 aliphatic rings. The number of carbonyl (C=O) groups is 2. The van der Waals surface area contributed by atoms with Crippen LogP contribution in [0.4, 0.5) is 5.69 Å². The molecule has 0 bridgehead atoms. The van der Waals surface area contributed by atoms with Gasteiger partial charge in [-0.15, -0.1) is 0 Å². The molecule has 1 aliphatic heterocycles. The van der Waals surface area contributed by atoms with Gasteiger partial charge in [0.2, 0.25) is 0 Å². The number of ketones is 1. The van der Waals surface area contributed by atoms with Gasteiger partial charge in [-0.25, -0.2) is 0 Å². The monoisotopic (exact) mass is 491 g/mol. The van der Waals surface area contributed by atoms with Gasteiger partial charge in [0.1, 0.15) is 5.76 Å². The summed E-state index contributed by atoms with van der Waals surface area (Å²) in [6.07, 6.45) is 0.838. The number of aryl methyl sites for hydroxylation is 1. The van der Waals surface area contributed by atoms with Crippen LogP contribution >= 0.6 is 11.6 Å². The molecule has 1 unspecified atom stereocenters.